The molecule has 1 aromatic heterocycles. The van der Waals surface area contributed by atoms with Crippen LogP contribution in [0.25, 0.3) is 11.0 Å². The monoisotopic (exact) mass is 354 g/mol. The zero-order valence-corrected chi connectivity index (χ0v) is 14.0. The first kappa shape index (κ1) is 15.7. The van der Waals surface area contributed by atoms with Crippen molar-refractivity contribution in [1.82, 2.24) is 9.97 Å². The van der Waals surface area contributed by atoms with E-state index in [4.69, 9.17) is 11.6 Å². The van der Waals surface area contributed by atoms with Gasteiger partial charge < -0.3 is 15.2 Å². The van der Waals surface area contributed by atoms with Gasteiger partial charge in [0.2, 0.25) is 11.8 Å². The van der Waals surface area contributed by atoms with Crippen LogP contribution < -0.4 is 10.2 Å². The molecule has 6 nitrogen and oxygen atoms in total. The third-order valence-electron chi connectivity index (χ3n) is 4.32. The van der Waals surface area contributed by atoms with Crippen LogP contribution >= 0.6 is 11.6 Å². The number of benzene rings is 2. The molecule has 0 bridgehead atoms. The van der Waals surface area contributed by atoms with Crippen LogP contribution in [0, 0.1) is 5.92 Å². The first-order chi connectivity index (χ1) is 12.1. The highest BCUT2D eigenvalue weighted by Crippen LogP contribution is 2.27. The number of halogens is 1. The number of hydrogen-bond donors (Lipinski definition) is 2. The van der Waals surface area contributed by atoms with Gasteiger partial charge in [-0.05, 0) is 42.5 Å². The molecule has 2 heterocycles. The number of imidazole rings is 1. The molecule has 0 radical (unpaired) electrons. The van der Waals surface area contributed by atoms with E-state index in [1.807, 2.05) is 12.1 Å². The maximum atomic E-state index is 12.5. The van der Waals surface area contributed by atoms with E-state index >= 15 is 0 Å². The molecule has 126 valence electrons. The number of aromatic amines is 1. The molecule has 1 aliphatic rings. The van der Waals surface area contributed by atoms with E-state index in [0.717, 1.165) is 16.7 Å². The Kier molecular flexibility index (Phi) is 3.89. The summed E-state index contributed by atoms with van der Waals surface area (Å²) in [7, 11) is 0. The molecular formula is C18H15ClN4O2. The molecule has 7 heteroatoms. The topological polar surface area (TPSA) is 78.1 Å². The minimum Gasteiger partial charge on any atom is -0.345 e. The first-order valence-corrected chi connectivity index (χ1v) is 8.28. The number of hydrogen-bond acceptors (Lipinski definition) is 3. The van der Waals surface area contributed by atoms with Crippen molar-refractivity contribution >= 4 is 45.8 Å². The van der Waals surface area contributed by atoms with E-state index in [1.165, 1.54) is 0 Å². The summed E-state index contributed by atoms with van der Waals surface area (Å²) in [6.07, 6.45) is 1.80. The van der Waals surface area contributed by atoms with Crippen molar-refractivity contribution in [2.75, 3.05) is 16.8 Å². The second kappa shape index (κ2) is 6.22. The summed E-state index contributed by atoms with van der Waals surface area (Å²) in [6.45, 7) is 0.360. The zero-order valence-electron chi connectivity index (χ0n) is 13.2. The molecule has 1 saturated heterocycles. The van der Waals surface area contributed by atoms with Crippen LogP contribution in [0.2, 0.25) is 5.02 Å². The summed E-state index contributed by atoms with van der Waals surface area (Å²) in [5, 5.41) is 3.49. The molecular weight excluding hydrogens is 340 g/mol. The predicted octanol–water partition coefficient (Wildman–Crippen LogP) is 3.21. The Labute approximate surface area is 148 Å². The number of H-pyrrole nitrogens is 1. The number of carbonyl (C=O) groups excluding carboxylic acids is 2. The highest BCUT2D eigenvalue weighted by molar-refractivity contribution is 6.30. The van der Waals surface area contributed by atoms with E-state index < -0.39 is 0 Å². The smallest absolute Gasteiger partial charge is 0.229 e. The van der Waals surface area contributed by atoms with Crippen molar-refractivity contribution in [1.29, 1.82) is 0 Å². The number of nitrogens with one attached hydrogen (secondary N) is 2. The molecule has 0 spiro atoms. The first-order valence-electron chi connectivity index (χ1n) is 7.90. The lowest BCUT2D eigenvalue weighted by molar-refractivity contribution is -0.122. The number of fused-ring (bicyclic) bond motifs is 1. The van der Waals surface area contributed by atoms with Gasteiger partial charge in [0.25, 0.3) is 0 Å². The average Bonchev–Trinajstić information content (AvgIpc) is 3.22. The zero-order chi connectivity index (χ0) is 17.4. The minimum absolute atomic E-state index is 0.0634. The average molecular weight is 355 g/mol. The van der Waals surface area contributed by atoms with Crippen LogP contribution in [0.4, 0.5) is 11.4 Å². The van der Waals surface area contributed by atoms with Crippen molar-refractivity contribution in [3.05, 3.63) is 53.8 Å². The Balaban J connectivity index is 1.47. The summed E-state index contributed by atoms with van der Waals surface area (Å²) >= 11 is 5.88. The lowest BCUT2D eigenvalue weighted by atomic mass is 10.1. The highest BCUT2D eigenvalue weighted by atomic mass is 35.5. The van der Waals surface area contributed by atoms with E-state index in [-0.39, 0.29) is 24.2 Å². The Morgan fingerprint density at radius 1 is 1.24 bits per heavy atom. The summed E-state index contributed by atoms with van der Waals surface area (Å²) in [5.74, 6) is -0.615. The van der Waals surface area contributed by atoms with Gasteiger partial charge in [-0.15, -0.1) is 0 Å². The number of carbonyl (C=O) groups is 2. The van der Waals surface area contributed by atoms with Gasteiger partial charge in [-0.2, -0.15) is 0 Å². The summed E-state index contributed by atoms with van der Waals surface area (Å²) in [6, 6.07) is 12.5. The highest BCUT2D eigenvalue weighted by Gasteiger charge is 2.35. The van der Waals surface area contributed by atoms with Crippen LogP contribution in [-0.4, -0.2) is 28.3 Å². The lowest BCUT2D eigenvalue weighted by Gasteiger charge is -2.16. The molecule has 0 unspecified atom stereocenters. The molecule has 3 aromatic rings. The second-order valence-corrected chi connectivity index (χ2v) is 6.44. The van der Waals surface area contributed by atoms with Crippen molar-refractivity contribution in [3.8, 4) is 0 Å². The van der Waals surface area contributed by atoms with Crippen LogP contribution in [0.15, 0.2) is 48.8 Å². The fourth-order valence-corrected chi connectivity index (χ4v) is 3.14. The molecule has 2 N–H and O–H groups in total. The van der Waals surface area contributed by atoms with Gasteiger partial charge in [0.15, 0.2) is 0 Å². The molecule has 4 rings (SSSR count). The second-order valence-electron chi connectivity index (χ2n) is 6.01. The third kappa shape index (κ3) is 3.08. The molecule has 1 fully saturated rings. The van der Waals surface area contributed by atoms with Crippen molar-refractivity contribution in [2.24, 2.45) is 5.92 Å². The van der Waals surface area contributed by atoms with Crippen molar-refractivity contribution in [2.45, 2.75) is 6.42 Å². The molecule has 0 aliphatic carbocycles. The normalized spacial score (nSPS) is 17.2. The van der Waals surface area contributed by atoms with Crippen molar-refractivity contribution in [3.63, 3.8) is 0 Å². The summed E-state index contributed by atoms with van der Waals surface area (Å²) in [5.41, 5.74) is 3.12. The van der Waals surface area contributed by atoms with Crippen LogP contribution in [0.3, 0.4) is 0 Å². The maximum Gasteiger partial charge on any atom is 0.229 e. The Hall–Kier alpha value is -2.86. The van der Waals surface area contributed by atoms with Gasteiger partial charge in [-0.25, -0.2) is 4.98 Å². The Morgan fingerprint density at radius 2 is 2.04 bits per heavy atom. The number of nitrogens with zero attached hydrogens (tertiary/aromatic N) is 2. The maximum absolute atomic E-state index is 12.5. The number of aromatic nitrogens is 2. The van der Waals surface area contributed by atoms with Gasteiger partial charge in [-0.3, -0.25) is 9.59 Å². The Morgan fingerprint density at radius 3 is 2.84 bits per heavy atom. The quantitative estimate of drug-likeness (QED) is 0.758. The molecule has 25 heavy (non-hydrogen) atoms. The van der Waals surface area contributed by atoms with E-state index in [2.05, 4.69) is 15.3 Å². The van der Waals surface area contributed by atoms with Crippen molar-refractivity contribution < 1.29 is 9.59 Å². The summed E-state index contributed by atoms with van der Waals surface area (Å²) < 4.78 is 0. The third-order valence-corrected chi connectivity index (χ3v) is 4.57. The minimum atomic E-state index is -0.388. The summed E-state index contributed by atoms with van der Waals surface area (Å²) in [4.78, 5) is 33.6. The lowest BCUT2D eigenvalue weighted by Crippen LogP contribution is -2.28. The number of amides is 2. The van der Waals surface area contributed by atoms with E-state index in [9.17, 15) is 9.59 Å². The fourth-order valence-electron chi connectivity index (χ4n) is 3.01. The van der Waals surface area contributed by atoms with E-state index in [1.54, 1.807) is 41.6 Å². The van der Waals surface area contributed by atoms with Crippen LogP contribution in [0.5, 0.6) is 0 Å². The number of rotatable bonds is 3. The van der Waals surface area contributed by atoms with Gasteiger partial charge >= 0.3 is 0 Å². The largest absolute Gasteiger partial charge is 0.345 e. The molecule has 2 aromatic carbocycles. The van der Waals surface area contributed by atoms with Gasteiger partial charge in [0, 0.05) is 29.4 Å². The van der Waals surface area contributed by atoms with Crippen LogP contribution in [-0.2, 0) is 9.59 Å². The standard InChI is InChI=1S/C18H15ClN4O2/c19-12-1-4-14(5-2-12)23-9-11(7-17(23)24)18(25)22-13-3-6-15-16(8-13)21-10-20-15/h1-6,8,10-11H,7,9H2,(H,20,21)(H,22,25)/t11-/m0/s1. The molecule has 1 aliphatic heterocycles. The van der Waals surface area contributed by atoms with E-state index in [0.29, 0.717) is 17.3 Å². The van der Waals surface area contributed by atoms with Gasteiger partial charge in [-0.1, -0.05) is 11.6 Å². The molecule has 1 atom stereocenters. The fraction of sp³-hybridized carbons (Fsp3) is 0.167. The molecule has 0 saturated carbocycles. The van der Waals surface area contributed by atoms with Gasteiger partial charge in [0.1, 0.15) is 0 Å². The predicted molar refractivity (Wildman–Crippen MR) is 96.6 cm³/mol. The van der Waals surface area contributed by atoms with Gasteiger partial charge in [0.05, 0.1) is 23.3 Å². The number of anilines is 2. The van der Waals surface area contributed by atoms with Crippen LogP contribution in [0.1, 0.15) is 6.42 Å². The molecule has 2 amide bonds. The SMILES string of the molecule is O=C(Nc1ccc2nc[nH]c2c1)[C@H]1CC(=O)N(c2ccc(Cl)cc2)C1. The Bertz CT molecular complexity index is 951.